The van der Waals surface area contributed by atoms with Gasteiger partial charge in [-0.15, -0.1) is 0 Å². The zero-order valence-electron chi connectivity index (χ0n) is 11.2. The molecule has 2 rings (SSSR count). The van der Waals surface area contributed by atoms with Gasteiger partial charge < -0.3 is 9.88 Å². The van der Waals surface area contributed by atoms with Crippen LogP contribution in [0.25, 0.3) is 0 Å². The lowest BCUT2D eigenvalue weighted by Gasteiger charge is -2.17. The highest BCUT2D eigenvalue weighted by molar-refractivity contribution is 9.10. The first-order valence-electron chi connectivity index (χ1n) is 5.99. The van der Waals surface area contributed by atoms with Crippen LogP contribution >= 0.6 is 15.9 Å². The Hall–Kier alpha value is -1.29. The molecule has 1 aromatic heterocycles. The molecule has 0 aliphatic carbocycles. The third-order valence-corrected chi connectivity index (χ3v) is 4.32. The fraction of sp³-hybridized carbons (Fsp3) is 0.357. The average Bonchev–Trinajstić information content (AvgIpc) is 2.72. The van der Waals surface area contributed by atoms with Crippen LogP contribution in [-0.2, 0) is 7.05 Å². The fourth-order valence-electron chi connectivity index (χ4n) is 2.14. The van der Waals surface area contributed by atoms with Crippen molar-refractivity contribution in [3.63, 3.8) is 0 Å². The summed E-state index contributed by atoms with van der Waals surface area (Å²) in [5, 5.41) is 3.49. The Bertz CT molecular complexity index is 537. The molecule has 1 atom stereocenters. The van der Waals surface area contributed by atoms with Crippen LogP contribution in [0.1, 0.15) is 29.9 Å². The Morgan fingerprint density at radius 3 is 2.39 bits per heavy atom. The molecular weight excluding hydrogens is 290 g/mol. The third-order valence-electron chi connectivity index (χ3n) is 3.07. The van der Waals surface area contributed by atoms with Crippen LogP contribution in [0.3, 0.4) is 0 Å². The molecule has 4 heteroatoms. The number of nitrogens with one attached hydrogen (secondary N) is 1. The van der Waals surface area contributed by atoms with Gasteiger partial charge >= 0.3 is 0 Å². The van der Waals surface area contributed by atoms with Gasteiger partial charge in [0.1, 0.15) is 5.82 Å². The molecule has 0 spiro atoms. The molecule has 0 aliphatic rings. The fourth-order valence-corrected chi connectivity index (χ4v) is 2.37. The van der Waals surface area contributed by atoms with Crippen LogP contribution in [0.2, 0.25) is 0 Å². The zero-order valence-corrected chi connectivity index (χ0v) is 12.7. The van der Waals surface area contributed by atoms with Crippen molar-refractivity contribution >= 4 is 21.6 Å². The maximum absolute atomic E-state index is 4.37. The highest BCUT2D eigenvalue weighted by atomic mass is 79.9. The van der Waals surface area contributed by atoms with E-state index in [4.69, 9.17) is 0 Å². The highest BCUT2D eigenvalue weighted by Crippen LogP contribution is 2.27. The second-order valence-corrected chi connectivity index (χ2v) is 5.48. The molecule has 0 amide bonds. The molecule has 96 valence electrons. The van der Waals surface area contributed by atoms with Crippen molar-refractivity contribution < 1.29 is 0 Å². The molecule has 2 aromatic rings. The van der Waals surface area contributed by atoms with Crippen LogP contribution in [0.5, 0.6) is 0 Å². The molecule has 0 radical (unpaired) electrons. The van der Waals surface area contributed by atoms with Crippen LogP contribution in [-0.4, -0.2) is 9.55 Å². The number of nitrogens with zero attached hydrogens (tertiary/aromatic N) is 2. The summed E-state index contributed by atoms with van der Waals surface area (Å²) in [6.45, 7) is 6.33. The minimum absolute atomic E-state index is 0.185. The number of aryl methyl sites for hydroxylation is 3. The molecule has 1 aromatic carbocycles. The topological polar surface area (TPSA) is 29.9 Å². The molecule has 0 fully saturated rings. The third kappa shape index (κ3) is 2.58. The lowest BCUT2D eigenvalue weighted by Crippen LogP contribution is -2.12. The first-order valence-corrected chi connectivity index (χ1v) is 6.79. The minimum Gasteiger partial charge on any atom is -0.375 e. The lowest BCUT2D eigenvalue weighted by atomic mass is 10.1. The number of hydrogen-bond donors (Lipinski definition) is 1. The van der Waals surface area contributed by atoms with Crippen molar-refractivity contribution in [3.8, 4) is 0 Å². The normalized spacial score (nSPS) is 12.5. The molecule has 0 aliphatic heterocycles. The maximum atomic E-state index is 4.37. The van der Waals surface area contributed by atoms with Crippen molar-refractivity contribution in [1.82, 2.24) is 9.55 Å². The Morgan fingerprint density at radius 1 is 1.28 bits per heavy atom. The van der Waals surface area contributed by atoms with Gasteiger partial charge in [0, 0.05) is 29.6 Å². The SMILES string of the molecule is Cc1cc(N[C@H](C)c2nccn2C)cc(C)c1Br. The summed E-state index contributed by atoms with van der Waals surface area (Å²) in [6.07, 6.45) is 3.79. The smallest absolute Gasteiger partial charge is 0.130 e. The predicted octanol–water partition coefficient (Wildman–Crippen LogP) is 3.97. The standard InChI is InChI=1S/C14H18BrN3/c1-9-7-12(8-10(2)13(9)15)17-11(3)14-16-5-6-18(14)4/h5-8,11,17H,1-4H3/t11-/m1/s1. The van der Waals surface area contributed by atoms with E-state index in [1.54, 1.807) is 0 Å². The van der Waals surface area contributed by atoms with Crippen molar-refractivity contribution in [2.24, 2.45) is 7.05 Å². The molecule has 1 N–H and O–H groups in total. The van der Waals surface area contributed by atoms with Gasteiger partial charge in [0.15, 0.2) is 0 Å². The average molecular weight is 308 g/mol. The molecule has 18 heavy (non-hydrogen) atoms. The summed E-state index contributed by atoms with van der Waals surface area (Å²) in [6, 6.07) is 4.48. The van der Waals surface area contributed by atoms with Crippen molar-refractivity contribution in [1.29, 1.82) is 0 Å². The lowest BCUT2D eigenvalue weighted by molar-refractivity contribution is 0.721. The summed E-state index contributed by atoms with van der Waals surface area (Å²) < 4.78 is 3.22. The first-order chi connectivity index (χ1) is 8.49. The van der Waals surface area contributed by atoms with E-state index in [0.717, 1.165) is 11.5 Å². The minimum atomic E-state index is 0.185. The number of anilines is 1. The van der Waals surface area contributed by atoms with Crippen molar-refractivity contribution in [2.45, 2.75) is 26.8 Å². The van der Waals surface area contributed by atoms with Crippen LogP contribution in [0.15, 0.2) is 29.0 Å². The van der Waals surface area contributed by atoms with Crippen molar-refractivity contribution in [3.05, 3.63) is 46.0 Å². The molecular formula is C14H18BrN3. The summed E-state index contributed by atoms with van der Waals surface area (Å²) in [7, 11) is 2.01. The Balaban J connectivity index is 2.22. The van der Waals surface area contributed by atoms with Gasteiger partial charge in [0.05, 0.1) is 6.04 Å². The zero-order chi connectivity index (χ0) is 13.3. The second kappa shape index (κ2) is 5.14. The Kier molecular flexibility index (Phi) is 3.76. The molecule has 1 heterocycles. The van der Waals surface area contributed by atoms with Crippen LogP contribution < -0.4 is 5.32 Å². The highest BCUT2D eigenvalue weighted by Gasteiger charge is 2.11. The van der Waals surface area contributed by atoms with E-state index in [2.05, 4.69) is 59.1 Å². The van der Waals surface area contributed by atoms with E-state index in [0.29, 0.717) is 0 Å². The number of rotatable bonds is 3. The largest absolute Gasteiger partial charge is 0.375 e. The molecule has 0 unspecified atom stereocenters. The summed E-state index contributed by atoms with van der Waals surface area (Å²) in [4.78, 5) is 4.37. The van der Waals surface area contributed by atoms with Gasteiger partial charge in [-0.1, -0.05) is 15.9 Å². The van der Waals surface area contributed by atoms with E-state index in [1.807, 2.05) is 24.0 Å². The van der Waals surface area contributed by atoms with Gasteiger partial charge in [-0.3, -0.25) is 0 Å². The first kappa shape index (κ1) is 13.1. The van der Waals surface area contributed by atoms with Gasteiger partial charge in [0.2, 0.25) is 0 Å². The Morgan fingerprint density at radius 2 is 1.89 bits per heavy atom. The van der Waals surface area contributed by atoms with Gasteiger partial charge in [-0.25, -0.2) is 4.98 Å². The summed E-state index contributed by atoms with van der Waals surface area (Å²) >= 11 is 3.59. The predicted molar refractivity (Wildman–Crippen MR) is 78.9 cm³/mol. The van der Waals surface area contributed by atoms with E-state index in [1.165, 1.54) is 15.6 Å². The van der Waals surface area contributed by atoms with E-state index in [9.17, 15) is 0 Å². The van der Waals surface area contributed by atoms with E-state index in [-0.39, 0.29) is 6.04 Å². The number of halogens is 1. The quantitative estimate of drug-likeness (QED) is 0.929. The number of aromatic nitrogens is 2. The molecule has 3 nitrogen and oxygen atoms in total. The summed E-state index contributed by atoms with van der Waals surface area (Å²) in [5.41, 5.74) is 3.61. The van der Waals surface area contributed by atoms with E-state index >= 15 is 0 Å². The van der Waals surface area contributed by atoms with Gasteiger partial charge in [0.25, 0.3) is 0 Å². The van der Waals surface area contributed by atoms with E-state index < -0.39 is 0 Å². The number of hydrogen-bond acceptors (Lipinski definition) is 2. The summed E-state index contributed by atoms with van der Waals surface area (Å²) in [5.74, 6) is 1.04. The maximum Gasteiger partial charge on any atom is 0.130 e. The van der Waals surface area contributed by atoms with Crippen LogP contribution in [0, 0.1) is 13.8 Å². The molecule has 0 bridgehead atoms. The van der Waals surface area contributed by atoms with Gasteiger partial charge in [-0.2, -0.15) is 0 Å². The Labute approximate surface area is 116 Å². The number of benzene rings is 1. The van der Waals surface area contributed by atoms with Crippen LogP contribution in [0.4, 0.5) is 5.69 Å². The van der Waals surface area contributed by atoms with Gasteiger partial charge in [-0.05, 0) is 44.0 Å². The molecule has 0 saturated carbocycles. The second-order valence-electron chi connectivity index (χ2n) is 4.69. The number of imidazole rings is 1. The monoisotopic (exact) mass is 307 g/mol. The molecule has 0 saturated heterocycles. The van der Waals surface area contributed by atoms with Crippen molar-refractivity contribution in [2.75, 3.05) is 5.32 Å².